The summed E-state index contributed by atoms with van der Waals surface area (Å²) in [7, 11) is 0. The molecule has 0 heterocycles. The second kappa shape index (κ2) is 7.14. The number of alkyl carbamates (subject to hydrolysis) is 1. The highest BCUT2D eigenvalue weighted by Crippen LogP contribution is 2.06. The van der Waals surface area contributed by atoms with Crippen LogP contribution in [0.15, 0.2) is 0 Å². The molecule has 17 heavy (non-hydrogen) atoms. The summed E-state index contributed by atoms with van der Waals surface area (Å²) in [6.07, 6.45) is -0.175. The molecular weight excluding hydrogens is 220 g/mol. The van der Waals surface area contributed by atoms with E-state index >= 15 is 0 Å². The Labute approximate surface area is 103 Å². The first-order valence-electron chi connectivity index (χ1n) is 6.04. The normalized spacial score (nSPS) is 10.9. The fourth-order valence-electron chi connectivity index (χ4n) is 1.32. The summed E-state index contributed by atoms with van der Waals surface area (Å²) in [5.74, 6) is 0.0473. The molecule has 0 bridgehead atoms. The Morgan fingerprint density at radius 2 is 1.71 bits per heavy atom. The number of carbonyl (C=O) groups is 2. The van der Waals surface area contributed by atoms with Crippen LogP contribution in [-0.4, -0.2) is 42.1 Å². The standard InChI is InChI=1S/C12H24N2O3/c1-6-14(7-2)10(15)8-9-13-11(16)17-12(3,4)5/h6-9H2,1-5H3,(H,13,16). The van der Waals surface area contributed by atoms with Crippen LogP contribution in [0, 0.1) is 0 Å². The average molecular weight is 244 g/mol. The Morgan fingerprint density at radius 3 is 2.12 bits per heavy atom. The SMILES string of the molecule is CCN(CC)C(=O)CCNC(=O)OC(C)(C)C. The van der Waals surface area contributed by atoms with E-state index in [4.69, 9.17) is 4.74 Å². The molecule has 0 radical (unpaired) electrons. The number of ether oxygens (including phenoxy) is 1. The second-order valence-electron chi connectivity index (χ2n) is 4.74. The Morgan fingerprint density at radius 1 is 1.18 bits per heavy atom. The van der Waals surface area contributed by atoms with Crippen molar-refractivity contribution in [2.45, 2.75) is 46.6 Å². The average Bonchev–Trinajstić information content (AvgIpc) is 2.16. The lowest BCUT2D eigenvalue weighted by molar-refractivity contribution is -0.130. The van der Waals surface area contributed by atoms with Gasteiger partial charge in [0.25, 0.3) is 0 Å². The summed E-state index contributed by atoms with van der Waals surface area (Å²) < 4.78 is 5.06. The summed E-state index contributed by atoms with van der Waals surface area (Å²) in [5, 5.41) is 2.56. The molecule has 0 fully saturated rings. The number of nitrogens with zero attached hydrogens (tertiary/aromatic N) is 1. The smallest absolute Gasteiger partial charge is 0.407 e. The maximum atomic E-state index is 11.6. The lowest BCUT2D eigenvalue weighted by Crippen LogP contribution is -2.36. The predicted octanol–water partition coefficient (Wildman–Crippen LogP) is 1.77. The van der Waals surface area contributed by atoms with Gasteiger partial charge in [-0.05, 0) is 34.6 Å². The molecule has 100 valence electrons. The van der Waals surface area contributed by atoms with Crippen LogP contribution in [-0.2, 0) is 9.53 Å². The molecule has 0 aromatic rings. The maximum Gasteiger partial charge on any atom is 0.407 e. The van der Waals surface area contributed by atoms with Gasteiger partial charge in [0.15, 0.2) is 0 Å². The molecule has 0 rings (SSSR count). The van der Waals surface area contributed by atoms with Gasteiger partial charge in [-0.3, -0.25) is 4.79 Å². The van der Waals surface area contributed by atoms with Gasteiger partial charge in [-0.25, -0.2) is 4.79 Å². The highest BCUT2D eigenvalue weighted by atomic mass is 16.6. The zero-order valence-electron chi connectivity index (χ0n) is 11.5. The topological polar surface area (TPSA) is 58.6 Å². The van der Waals surface area contributed by atoms with Gasteiger partial charge in [0.1, 0.15) is 5.60 Å². The molecule has 1 N–H and O–H groups in total. The van der Waals surface area contributed by atoms with Crippen molar-refractivity contribution in [3.63, 3.8) is 0 Å². The molecule has 0 aliphatic heterocycles. The van der Waals surface area contributed by atoms with Crippen LogP contribution < -0.4 is 5.32 Å². The van der Waals surface area contributed by atoms with Gasteiger partial charge in [0.2, 0.25) is 5.91 Å². The van der Waals surface area contributed by atoms with E-state index in [0.717, 1.165) is 0 Å². The molecule has 0 spiro atoms. The first-order valence-corrected chi connectivity index (χ1v) is 6.04. The van der Waals surface area contributed by atoms with Crippen LogP contribution in [0.2, 0.25) is 0 Å². The van der Waals surface area contributed by atoms with E-state index in [2.05, 4.69) is 5.32 Å². The first kappa shape index (κ1) is 15.7. The number of hydrogen-bond acceptors (Lipinski definition) is 3. The molecular formula is C12H24N2O3. The van der Waals surface area contributed by atoms with Gasteiger partial charge in [-0.1, -0.05) is 0 Å². The van der Waals surface area contributed by atoms with Crippen molar-refractivity contribution in [3.05, 3.63) is 0 Å². The lowest BCUT2D eigenvalue weighted by Gasteiger charge is -2.21. The zero-order chi connectivity index (χ0) is 13.5. The Hall–Kier alpha value is -1.26. The Kier molecular flexibility index (Phi) is 6.61. The third-order valence-electron chi connectivity index (χ3n) is 2.12. The molecule has 0 aliphatic rings. The van der Waals surface area contributed by atoms with Crippen LogP contribution in [0.4, 0.5) is 4.79 Å². The van der Waals surface area contributed by atoms with Crippen LogP contribution in [0.3, 0.4) is 0 Å². The molecule has 0 atom stereocenters. The summed E-state index contributed by atoms with van der Waals surface area (Å²) >= 11 is 0. The summed E-state index contributed by atoms with van der Waals surface area (Å²) in [6.45, 7) is 11.0. The second-order valence-corrected chi connectivity index (χ2v) is 4.74. The van der Waals surface area contributed by atoms with Crippen molar-refractivity contribution in [3.8, 4) is 0 Å². The minimum absolute atomic E-state index is 0.0473. The fourth-order valence-corrected chi connectivity index (χ4v) is 1.32. The number of carbonyl (C=O) groups excluding carboxylic acids is 2. The molecule has 0 saturated carbocycles. The number of rotatable bonds is 5. The van der Waals surface area contributed by atoms with Gasteiger partial charge in [0.05, 0.1) is 0 Å². The predicted molar refractivity (Wildman–Crippen MR) is 66.8 cm³/mol. The van der Waals surface area contributed by atoms with Gasteiger partial charge in [0, 0.05) is 26.1 Å². The largest absolute Gasteiger partial charge is 0.444 e. The molecule has 0 unspecified atom stereocenters. The molecule has 0 aliphatic carbocycles. The quantitative estimate of drug-likeness (QED) is 0.801. The number of nitrogens with one attached hydrogen (secondary N) is 1. The van der Waals surface area contributed by atoms with Crippen LogP contribution in [0.25, 0.3) is 0 Å². The van der Waals surface area contributed by atoms with Crippen molar-refractivity contribution in [2.24, 2.45) is 0 Å². The molecule has 2 amide bonds. The minimum Gasteiger partial charge on any atom is -0.444 e. The van der Waals surface area contributed by atoms with Crippen molar-refractivity contribution in [1.82, 2.24) is 10.2 Å². The van der Waals surface area contributed by atoms with Crippen LogP contribution in [0.5, 0.6) is 0 Å². The van der Waals surface area contributed by atoms with E-state index in [1.54, 1.807) is 25.7 Å². The Bertz CT molecular complexity index is 255. The Balaban J connectivity index is 3.84. The summed E-state index contributed by atoms with van der Waals surface area (Å²) in [4.78, 5) is 24.6. The van der Waals surface area contributed by atoms with Gasteiger partial charge >= 0.3 is 6.09 Å². The molecule has 0 aromatic carbocycles. The number of hydrogen-bond donors (Lipinski definition) is 1. The first-order chi connectivity index (χ1) is 7.80. The molecule has 0 saturated heterocycles. The van der Waals surface area contributed by atoms with Crippen LogP contribution >= 0.6 is 0 Å². The van der Waals surface area contributed by atoms with Gasteiger partial charge in [-0.2, -0.15) is 0 Å². The molecule has 5 heteroatoms. The summed E-state index contributed by atoms with van der Waals surface area (Å²) in [6, 6.07) is 0. The zero-order valence-corrected chi connectivity index (χ0v) is 11.5. The van der Waals surface area contributed by atoms with Crippen LogP contribution in [0.1, 0.15) is 41.0 Å². The molecule has 0 aromatic heterocycles. The van der Waals surface area contributed by atoms with E-state index < -0.39 is 11.7 Å². The third kappa shape index (κ3) is 7.60. The van der Waals surface area contributed by atoms with Crippen molar-refractivity contribution in [2.75, 3.05) is 19.6 Å². The number of amides is 2. The van der Waals surface area contributed by atoms with E-state index in [1.165, 1.54) is 0 Å². The van der Waals surface area contributed by atoms with E-state index in [-0.39, 0.29) is 5.91 Å². The highest BCUT2D eigenvalue weighted by molar-refractivity contribution is 5.77. The highest BCUT2D eigenvalue weighted by Gasteiger charge is 2.16. The fraction of sp³-hybridized carbons (Fsp3) is 0.833. The lowest BCUT2D eigenvalue weighted by atomic mass is 10.2. The van der Waals surface area contributed by atoms with E-state index in [9.17, 15) is 9.59 Å². The van der Waals surface area contributed by atoms with Crippen molar-refractivity contribution >= 4 is 12.0 Å². The third-order valence-corrected chi connectivity index (χ3v) is 2.12. The summed E-state index contributed by atoms with van der Waals surface area (Å²) in [5.41, 5.74) is -0.507. The van der Waals surface area contributed by atoms with Crippen molar-refractivity contribution < 1.29 is 14.3 Å². The maximum absolute atomic E-state index is 11.6. The van der Waals surface area contributed by atoms with Gasteiger partial charge in [-0.15, -0.1) is 0 Å². The minimum atomic E-state index is -0.507. The van der Waals surface area contributed by atoms with E-state index in [1.807, 2.05) is 13.8 Å². The van der Waals surface area contributed by atoms with Crippen molar-refractivity contribution in [1.29, 1.82) is 0 Å². The monoisotopic (exact) mass is 244 g/mol. The van der Waals surface area contributed by atoms with Gasteiger partial charge < -0.3 is 15.0 Å². The molecule has 5 nitrogen and oxygen atoms in total. The van der Waals surface area contributed by atoms with E-state index in [0.29, 0.717) is 26.1 Å².